The normalized spacial score (nSPS) is 10.4. The summed E-state index contributed by atoms with van der Waals surface area (Å²) in [6.07, 6.45) is 1.53. The first kappa shape index (κ1) is 16.1. The van der Waals surface area contributed by atoms with Crippen LogP contribution in [0.2, 0.25) is 0 Å². The van der Waals surface area contributed by atoms with Crippen molar-refractivity contribution in [3.63, 3.8) is 0 Å². The molecule has 0 aromatic heterocycles. The summed E-state index contributed by atoms with van der Waals surface area (Å²) in [5.41, 5.74) is 4.28. The summed E-state index contributed by atoms with van der Waals surface area (Å²) in [4.78, 5) is 10.1. The zero-order chi connectivity index (χ0) is 15.9. The SMILES string of the molecule is O=[N+]([O-])c1ccc(C=NNC(=S)Nc2ccc(Br)cc2)cc1. The standard InChI is InChI=1S/C14H11BrN4O2S/c15-11-3-5-12(6-4-11)17-14(22)18-16-9-10-1-7-13(8-2-10)19(20)21/h1-9H,(H2,17,18,22). The topological polar surface area (TPSA) is 79.6 Å². The second kappa shape index (κ2) is 7.62. The minimum atomic E-state index is -0.448. The maximum Gasteiger partial charge on any atom is 0.269 e. The Hall–Kier alpha value is -2.32. The van der Waals surface area contributed by atoms with E-state index in [1.807, 2.05) is 24.3 Å². The number of hydrogen-bond donors (Lipinski definition) is 2. The van der Waals surface area contributed by atoms with E-state index < -0.39 is 4.92 Å². The number of nitrogens with one attached hydrogen (secondary N) is 2. The van der Waals surface area contributed by atoms with E-state index in [9.17, 15) is 10.1 Å². The van der Waals surface area contributed by atoms with Crippen LogP contribution in [0.1, 0.15) is 5.56 Å². The fourth-order valence-corrected chi connectivity index (χ4v) is 1.97. The molecule has 2 aromatic rings. The van der Waals surface area contributed by atoms with E-state index in [4.69, 9.17) is 12.2 Å². The molecule has 0 aliphatic rings. The number of hydrogen-bond acceptors (Lipinski definition) is 4. The van der Waals surface area contributed by atoms with Gasteiger partial charge in [0.1, 0.15) is 0 Å². The van der Waals surface area contributed by atoms with Crippen molar-refractivity contribution in [3.05, 3.63) is 68.7 Å². The lowest BCUT2D eigenvalue weighted by Crippen LogP contribution is -2.23. The van der Waals surface area contributed by atoms with Crippen LogP contribution in [0.3, 0.4) is 0 Å². The van der Waals surface area contributed by atoms with Crippen LogP contribution in [-0.4, -0.2) is 16.3 Å². The van der Waals surface area contributed by atoms with E-state index in [2.05, 4.69) is 31.8 Å². The Balaban J connectivity index is 1.87. The van der Waals surface area contributed by atoms with E-state index in [0.717, 1.165) is 15.7 Å². The number of rotatable bonds is 4. The number of nitro benzene ring substituents is 1. The van der Waals surface area contributed by atoms with Gasteiger partial charge in [0.05, 0.1) is 11.1 Å². The predicted molar refractivity (Wildman–Crippen MR) is 94.2 cm³/mol. The minimum absolute atomic E-state index is 0.0394. The fourth-order valence-electron chi connectivity index (χ4n) is 1.54. The molecule has 2 N–H and O–H groups in total. The third kappa shape index (κ3) is 4.90. The number of hydrazone groups is 1. The van der Waals surface area contributed by atoms with Gasteiger partial charge in [0, 0.05) is 22.3 Å². The molecule has 0 atom stereocenters. The average molecular weight is 379 g/mol. The van der Waals surface area contributed by atoms with Crippen LogP contribution in [0.25, 0.3) is 0 Å². The number of benzene rings is 2. The molecule has 0 spiro atoms. The van der Waals surface area contributed by atoms with Crippen molar-refractivity contribution in [2.75, 3.05) is 5.32 Å². The summed E-state index contributed by atoms with van der Waals surface area (Å²) in [6.45, 7) is 0. The molecule has 112 valence electrons. The third-order valence-electron chi connectivity index (χ3n) is 2.59. The molecule has 0 fully saturated rings. The van der Waals surface area contributed by atoms with Gasteiger partial charge in [-0.2, -0.15) is 5.10 Å². The molecule has 0 amide bonds. The highest BCUT2D eigenvalue weighted by Gasteiger charge is 2.02. The Morgan fingerprint density at radius 1 is 1.18 bits per heavy atom. The van der Waals surface area contributed by atoms with Crippen molar-refractivity contribution in [2.45, 2.75) is 0 Å². The van der Waals surface area contributed by atoms with Gasteiger partial charge in [0.2, 0.25) is 0 Å². The molecule has 8 heteroatoms. The Labute approximate surface area is 140 Å². The lowest BCUT2D eigenvalue weighted by atomic mass is 10.2. The summed E-state index contributed by atoms with van der Waals surface area (Å²) in [6, 6.07) is 13.6. The van der Waals surface area contributed by atoms with Gasteiger partial charge in [0.15, 0.2) is 5.11 Å². The van der Waals surface area contributed by atoms with Crippen LogP contribution in [0.15, 0.2) is 58.1 Å². The van der Waals surface area contributed by atoms with Gasteiger partial charge in [-0.1, -0.05) is 15.9 Å². The van der Waals surface area contributed by atoms with Crippen molar-refractivity contribution in [1.82, 2.24) is 5.43 Å². The highest BCUT2D eigenvalue weighted by molar-refractivity contribution is 9.10. The van der Waals surface area contributed by atoms with Crippen LogP contribution in [0.5, 0.6) is 0 Å². The van der Waals surface area contributed by atoms with Gasteiger partial charge in [0.25, 0.3) is 5.69 Å². The maximum absolute atomic E-state index is 10.5. The van der Waals surface area contributed by atoms with Crippen molar-refractivity contribution >= 4 is 50.8 Å². The Bertz CT molecular complexity index is 702. The molecule has 0 heterocycles. The summed E-state index contributed by atoms with van der Waals surface area (Å²) in [5, 5.41) is 17.8. The molecule has 22 heavy (non-hydrogen) atoms. The largest absolute Gasteiger partial charge is 0.331 e. The lowest BCUT2D eigenvalue weighted by Gasteiger charge is -2.06. The predicted octanol–water partition coefficient (Wildman–Crippen LogP) is 3.68. The average Bonchev–Trinajstić information content (AvgIpc) is 2.50. The molecule has 0 saturated heterocycles. The summed E-state index contributed by atoms with van der Waals surface area (Å²) >= 11 is 8.45. The van der Waals surface area contributed by atoms with Gasteiger partial charge in [-0.25, -0.2) is 0 Å². The van der Waals surface area contributed by atoms with Crippen molar-refractivity contribution < 1.29 is 4.92 Å². The van der Waals surface area contributed by atoms with Crippen molar-refractivity contribution in [2.24, 2.45) is 5.10 Å². The first-order valence-corrected chi connectivity index (χ1v) is 7.35. The lowest BCUT2D eigenvalue weighted by molar-refractivity contribution is -0.384. The first-order chi connectivity index (χ1) is 10.5. The van der Waals surface area contributed by atoms with Crippen LogP contribution < -0.4 is 10.7 Å². The van der Waals surface area contributed by atoms with Gasteiger partial charge < -0.3 is 5.32 Å². The molecular formula is C14H11BrN4O2S. The first-order valence-electron chi connectivity index (χ1n) is 6.15. The number of halogens is 1. The minimum Gasteiger partial charge on any atom is -0.331 e. The van der Waals surface area contributed by atoms with E-state index in [-0.39, 0.29) is 5.69 Å². The highest BCUT2D eigenvalue weighted by Crippen LogP contribution is 2.14. The monoisotopic (exact) mass is 378 g/mol. The number of nitro groups is 1. The summed E-state index contributed by atoms with van der Waals surface area (Å²) < 4.78 is 0.980. The molecule has 0 saturated carbocycles. The van der Waals surface area contributed by atoms with Gasteiger partial charge in [-0.3, -0.25) is 15.5 Å². The summed E-state index contributed by atoms with van der Waals surface area (Å²) in [5.74, 6) is 0. The molecule has 2 aromatic carbocycles. The van der Waals surface area contributed by atoms with Gasteiger partial charge >= 0.3 is 0 Å². The second-order valence-electron chi connectivity index (χ2n) is 4.18. The van der Waals surface area contributed by atoms with E-state index in [1.54, 1.807) is 12.1 Å². The van der Waals surface area contributed by atoms with Crippen LogP contribution >= 0.6 is 28.1 Å². The number of non-ortho nitro benzene ring substituents is 1. The van der Waals surface area contributed by atoms with Gasteiger partial charge in [-0.05, 0) is 54.2 Å². The molecule has 6 nitrogen and oxygen atoms in total. The molecule has 0 radical (unpaired) electrons. The zero-order valence-corrected chi connectivity index (χ0v) is 13.6. The summed E-state index contributed by atoms with van der Waals surface area (Å²) in [7, 11) is 0. The highest BCUT2D eigenvalue weighted by atomic mass is 79.9. The third-order valence-corrected chi connectivity index (χ3v) is 3.31. The van der Waals surface area contributed by atoms with E-state index in [1.165, 1.54) is 18.3 Å². The molecule has 0 unspecified atom stereocenters. The molecule has 0 aliphatic carbocycles. The maximum atomic E-state index is 10.5. The van der Waals surface area contributed by atoms with Crippen LogP contribution in [0, 0.1) is 10.1 Å². The van der Waals surface area contributed by atoms with Gasteiger partial charge in [-0.15, -0.1) is 0 Å². The Morgan fingerprint density at radius 2 is 1.82 bits per heavy atom. The smallest absolute Gasteiger partial charge is 0.269 e. The second-order valence-corrected chi connectivity index (χ2v) is 5.50. The van der Waals surface area contributed by atoms with Crippen LogP contribution in [-0.2, 0) is 0 Å². The van der Waals surface area contributed by atoms with Crippen molar-refractivity contribution in [3.8, 4) is 0 Å². The Kier molecular flexibility index (Phi) is 5.56. The molecule has 0 bridgehead atoms. The number of nitrogens with zero attached hydrogens (tertiary/aromatic N) is 2. The fraction of sp³-hybridized carbons (Fsp3) is 0. The quantitative estimate of drug-likeness (QED) is 0.367. The van der Waals surface area contributed by atoms with E-state index in [0.29, 0.717) is 5.11 Å². The van der Waals surface area contributed by atoms with Crippen LogP contribution in [0.4, 0.5) is 11.4 Å². The number of thiocarbonyl (C=S) groups is 1. The molecular weight excluding hydrogens is 368 g/mol. The molecule has 2 rings (SSSR count). The van der Waals surface area contributed by atoms with Crippen molar-refractivity contribution in [1.29, 1.82) is 0 Å². The Morgan fingerprint density at radius 3 is 2.41 bits per heavy atom. The number of anilines is 1. The molecule has 0 aliphatic heterocycles. The zero-order valence-electron chi connectivity index (χ0n) is 11.2. The van der Waals surface area contributed by atoms with E-state index >= 15 is 0 Å².